The Morgan fingerprint density at radius 3 is 2.43 bits per heavy atom. The Morgan fingerprint density at radius 2 is 1.95 bits per heavy atom. The van der Waals surface area contributed by atoms with Gasteiger partial charge in [-0.1, -0.05) is 13.8 Å². The smallest absolute Gasteiger partial charge is 0.245 e. The highest BCUT2D eigenvalue weighted by atomic mass is 32.1. The molecule has 1 aromatic rings. The van der Waals surface area contributed by atoms with Crippen LogP contribution in [0.2, 0.25) is 0 Å². The monoisotopic (exact) mass is 310 g/mol. The molecule has 0 radical (unpaired) electrons. The van der Waals surface area contributed by atoms with Crippen molar-refractivity contribution in [3.8, 4) is 0 Å². The molecule has 0 bridgehead atoms. The molecule has 1 fully saturated rings. The van der Waals surface area contributed by atoms with Gasteiger partial charge >= 0.3 is 0 Å². The standard InChI is InChI=1S/C14H22N4O2S/c1-10(2)12(16-11(3)19)13(20)17-5-7-18(8-6-17)14-15-4-9-21-14/h4,9-10,12H,5-8H2,1-3H3,(H,16,19)/t12-/m1/s1. The molecule has 1 saturated heterocycles. The van der Waals surface area contributed by atoms with Gasteiger partial charge in [0, 0.05) is 44.7 Å². The molecule has 1 atom stereocenters. The van der Waals surface area contributed by atoms with Crippen LogP contribution in [-0.2, 0) is 9.59 Å². The van der Waals surface area contributed by atoms with Crippen LogP contribution in [0.4, 0.5) is 5.13 Å². The molecule has 0 aliphatic carbocycles. The summed E-state index contributed by atoms with van der Waals surface area (Å²) < 4.78 is 0. The van der Waals surface area contributed by atoms with Crippen molar-refractivity contribution in [3.05, 3.63) is 11.6 Å². The van der Waals surface area contributed by atoms with Crippen molar-refractivity contribution in [2.24, 2.45) is 5.92 Å². The molecule has 7 heteroatoms. The quantitative estimate of drug-likeness (QED) is 0.899. The van der Waals surface area contributed by atoms with Crippen LogP contribution in [0.1, 0.15) is 20.8 Å². The first kappa shape index (κ1) is 15.8. The molecule has 116 valence electrons. The maximum absolute atomic E-state index is 12.5. The minimum atomic E-state index is -0.436. The highest BCUT2D eigenvalue weighted by Gasteiger charge is 2.30. The number of carbonyl (C=O) groups is 2. The van der Waals surface area contributed by atoms with E-state index in [9.17, 15) is 9.59 Å². The number of aromatic nitrogens is 1. The molecule has 6 nitrogen and oxygen atoms in total. The van der Waals surface area contributed by atoms with Gasteiger partial charge < -0.3 is 15.1 Å². The maximum atomic E-state index is 12.5. The summed E-state index contributed by atoms with van der Waals surface area (Å²) in [6.07, 6.45) is 1.79. The largest absolute Gasteiger partial charge is 0.345 e. The van der Waals surface area contributed by atoms with Gasteiger partial charge in [0.25, 0.3) is 0 Å². The van der Waals surface area contributed by atoms with Crippen molar-refractivity contribution >= 4 is 28.3 Å². The molecule has 2 heterocycles. The number of hydrogen-bond donors (Lipinski definition) is 1. The Kier molecular flexibility index (Phi) is 5.17. The number of nitrogens with one attached hydrogen (secondary N) is 1. The van der Waals surface area contributed by atoms with E-state index >= 15 is 0 Å². The van der Waals surface area contributed by atoms with Crippen LogP contribution >= 0.6 is 11.3 Å². The van der Waals surface area contributed by atoms with Crippen LogP contribution in [0.15, 0.2) is 11.6 Å². The average molecular weight is 310 g/mol. The summed E-state index contributed by atoms with van der Waals surface area (Å²) in [5.41, 5.74) is 0. The Morgan fingerprint density at radius 1 is 1.29 bits per heavy atom. The van der Waals surface area contributed by atoms with E-state index in [1.807, 2.05) is 24.1 Å². The molecule has 1 N–H and O–H groups in total. The number of anilines is 1. The summed E-state index contributed by atoms with van der Waals surface area (Å²) >= 11 is 1.61. The topological polar surface area (TPSA) is 65.5 Å². The Labute approximate surface area is 129 Å². The number of amides is 2. The van der Waals surface area contributed by atoms with E-state index < -0.39 is 6.04 Å². The molecular weight excluding hydrogens is 288 g/mol. The van der Waals surface area contributed by atoms with Crippen LogP contribution in [0, 0.1) is 5.92 Å². The van der Waals surface area contributed by atoms with E-state index in [0.717, 1.165) is 18.2 Å². The lowest BCUT2D eigenvalue weighted by atomic mass is 10.0. The minimum absolute atomic E-state index is 0.0130. The van der Waals surface area contributed by atoms with Gasteiger partial charge in [-0.2, -0.15) is 0 Å². The fourth-order valence-electron chi connectivity index (χ4n) is 2.42. The third-order valence-electron chi connectivity index (χ3n) is 3.57. The van der Waals surface area contributed by atoms with Gasteiger partial charge in [-0.25, -0.2) is 4.98 Å². The lowest BCUT2D eigenvalue weighted by molar-refractivity contribution is -0.137. The van der Waals surface area contributed by atoms with Gasteiger partial charge in [0.2, 0.25) is 11.8 Å². The summed E-state index contributed by atoms with van der Waals surface area (Å²) in [5, 5.41) is 5.72. The third-order valence-corrected chi connectivity index (χ3v) is 4.40. The maximum Gasteiger partial charge on any atom is 0.245 e. The zero-order chi connectivity index (χ0) is 15.4. The van der Waals surface area contributed by atoms with Crippen molar-refractivity contribution in [1.82, 2.24) is 15.2 Å². The summed E-state index contributed by atoms with van der Waals surface area (Å²) in [6, 6.07) is -0.436. The first-order valence-electron chi connectivity index (χ1n) is 7.19. The van der Waals surface area contributed by atoms with Crippen LogP contribution in [-0.4, -0.2) is 53.9 Å². The number of nitrogens with zero attached hydrogens (tertiary/aromatic N) is 3. The van der Waals surface area contributed by atoms with Gasteiger partial charge in [0.15, 0.2) is 5.13 Å². The Hall–Kier alpha value is -1.63. The zero-order valence-electron chi connectivity index (χ0n) is 12.7. The van der Waals surface area contributed by atoms with E-state index in [2.05, 4.69) is 15.2 Å². The van der Waals surface area contributed by atoms with Crippen LogP contribution in [0.3, 0.4) is 0 Å². The lowest BCUT2D eigenvalue weighted by Gasteiger charge is -2.37. The van der Waals surface area contributed by atoms with Crippen molar-refractivity contribution in [2.75, 3.05) is 31.1 Å². The van der Waals surface area contributed by atoms with Gasteiger partial charge in [0.1, 0.15) is 6.04 Å². The van der Waals surface area contributed by atoms with Gasteiger partial charge in [-0.15, -0.1) is 11.3 Å². The first-order valence-corrected chi connectivity index (χ1v) is 8.07. The molecule has 2 amide bonds. The average Bonchev–Trinajstić information content (AvgIpc) is 2.98. The summed E-state index contributed by atoms with van der Waals surface area (Å²) in [7, 11) is 0. The molecule has 0 unspecified atom stereocenters. The van der Waals surface area contributed by atoms with Gasteiger partial charge in [-0.3, -0.25) is 9.59 Å². The second-order valence-corrected chi connectivity index (χ2v) is 6.42. The van der Waals surface area contributed by atoms with Crippen molar-refractivity contribution < 1.29 is 9.59 Å². The molecule has 1 aromatic heterocycles. The van der Waals surface area contributed by atoms with Crippen LogP contribution < -0.4 is 10.2 Å². The number of thiazole rings is 1. The predicted molar refractivity (Wildman–Crippen MR) is 83.3 cm³/mol. The predicted octanol–water partition coefficient (Wildman–Crippen LogP) is 0.952. The minimum Gasteiger partial charge on any atom is -0.345 e. The molecule has 1 aliphatic heterocycles. The molecule has 0 spiro atoms. The van der Waals surface area contributed by atoms with Crippen molar-refractivity contribution in [2.45, 2.75) is 26.8 Å². The lowest BCUT2D eigenvalue weighted by Crippen LogP contribution is -2.56. The highest BCUT2D eigenvalue weighted by molar-refractivity contribution is 7.13. The van der Waals surface area contributed by atoms with E-state index in [0.29, 0.717) is 13.1 Å². The van der Waals surface area contributed by atoms with Gasteiger partial charge in [-0.05, 0) is 5.92 Å². The van der Waals surface area contributed by atoms with Crippen LogP contribution in [0.25, 0.3) is 0 Å². The summed E-state index contributed by atoms with van der Waals surface area (Å²) in [4.78, 5) is 32.1. The van der Waals surface area contributed by atoms with Crippen molar-refractivity contribution in [3.63, 3.8) is 0 Å². The van der Waals surface area contributed by atoms with Gasteiger partial charge in [0.05, 0.1) is 0 Å². The van der Waals surface area contributed by atoms with Crippen LogP contribution in [0.5, 0.6) is 0 Å². The van der Waals surface area contributed by atoms with E-state index in [-0.39, 0.29) is 17.7 Å². The fourth-order valence-corrected chi connectivity index (χ4v) is 3.12. The summed E-state index contributed by atoms with van der Waals surface area (Å²) in [5.74, 6) is -0.0687. The van der Waals surface area contributed by atoms with E-state index in [1.54, 1.807) is 17.5 Å². The molecule has 21 heavy (non-hydrogen) atoms. The highest BCUT2D eigenvalue weighted by Crippen LogP contribution is 2.19. The second-order valence-electron chi connectivity index (χ2n) is 5.55. The van der Waals surface area contributed by atoms with E-state index in [4.69, 9.17) is 0 Å². The third kappa shape index (κ3) is 3.93. The number of piperazine rings is 1. The Balaban J connectivity index is 1.94. The Bertz CT molecular complexity index is 481. The number of hydrogen-bond acceptors (Lipinski definition) is 5. The number of rotatable bonds is 4. The number of carbonyl (C=O) groups excluding carboxylic acids is 2. The summed E-state index contributed by atoms with van der Waals surface area (Å²) in [6.45, 7) is 8.24. The van der Waals surface area contributed by atoms with Crippen molar-refractivity contribution in [1.29, 1.82) is 0 Å². The molecular formula is C14H22N4O2S. The fraction of sp³-hybridized carbons (Fsp3) is 0.643. The molecule has 0 aromatic carbocycles. The first-order chi connectivity index (χ1) is 9.99. The second kappa shape index (κ2) is 6.89. The zero-order valence-corrected chi connectivity index (χ0v) is 13.5. The molecule has 2 rings (SSSR count). The molecule has 0 saturated carbocycles. The normalized spacial score (nSPS) is 17.0. The molecule has 1 aliphatic rings. The SMILES string of the molecule is CC(=O)N[C@@H](C(=O)N1CCN(c2nccs2)CC1)C(C)C. The van der Waals surface area contributed by atoms with E-state index in [1.165, 1.54) is 6.92 Å².